The van der Waals surface area contributed by atoms with Gasteiger partial charge in [-0.3, -0.25) is 4.79 Å². The van der Waals surface area contributed by atoms with Crippen LogP contribution in [0.4, 0.5) is 4.39 Å². The van der Waals surface area contributed by atoms with Crippen LogP contribution in [-0.2, 0) is 6.54 Å². The van der Waals surface area contributed by atoms with E-state index in [0.29, 0.717) is 11.1 Å². The van der Waals surface area contributed by atoms with Crippen LogP contribution < -0.4 is 5.56 Å². The van der Waals surface area contributed by atoms with E-state index in [4.69, 9.17) is 0 Å². The standard InChI is InChI=1S/C20H16FN3O/c1-14-6-8-15(9-7-14)18-12-19-20(25)23(10-11-24(19)22-18)13-16-4-2-3-5-17(16)21/h2-12H,13H2,1H3. The van der Waals surface area contributed by atoms with E-state index in [2.05, 4.69) is 5.10 Å². The molecule has 0 unspecified atom stereocenters. The van der Waals surface area contributed by atoms with Crippen LogP contribution in [0.1, 0.15) is 11.1 Å². The molecule has 0 N–H and O–H groups in total. The van der Waals surface area contributed by atoms with E-state index in [9.17, 15) is 9.18 Å². The van der Waals surface area contributed by atoms with E-state index in [1.165, 1.54) is 16.2 Å². The lowest BCUT2D eigenvalue weighted by Crippen LogP contribution is -2.22. The maximum absolute atomic E-state index is 13.8. The Morgan fingerprint density at radius 1 is 1.04 bits per heavy atom. The van der Waals surface area contributed by atoms with Gasteiger partial charge in [-0.1, -0.05) is 48.0 Å². The van der Waals surface area contributed by atoms with Gasteiger partial charge in [0.1, 0.15) is 11.3 Å². The second-order valence-corrected chi connectivity index (χ2v) is 6.05. The molecule has 5 heteroatoms. The van der Waals surface area contributed by atoms with Crippen LogP contribution in [0.15, 0.2) is 71.8 Å². The summed E-state index contributed by atoms with van der Waals surface area (Å²) in [6.07, 6.45) is 3.35. The van der Waals surface area contributed by atoms with Crippen LogP contribution in [0.25, 0.3) is 16.8 Å². The highest BCUT2D eigenvalue weighted by atomic mass is 19.1. The molecule has 0 aliphatic rings. The number of halogens is 1. The van der Waals surface area contributed by atoms with Crippen molar-refractivity contribution in [2.75, 3.05) is 0 Å². The molecule has 25 heavy (non-hydrogen) atoms. The first-order chi connectivity index (χ1) is 12.1. The Hall–Kier alpha value is -3.21. The summed E-state index contributed by atoms with van der Waals surface area (Å²) in [5.41, 5.74) is 3.60. The Kier molecular flexibility index (Phi) is 3.69. The van der Waals surface area contributed by atoms with Crippen molar-refractivity contribution < 1.29 is 4.39 Å². The number of rotatable bonds is 3. The Morgan fingerprint density at radius 2 is 1.80 bits per heavy atom. The van der Waals surface area contributed by atoms with Gasteiger partial charge in [0.15, 0.2) is 0 Å². The van der Waals surface area contributed by atoms with Crippen molar-refractivity contribution in [3.63, 3.8) is 0 Å². The number of nitrogens with zero attached hydrogens (tertiary/aromatic N) is 3. The summed E-state index contributed by atoms with van der Waals surface area (Å²) >= 11 is 0. The zero-order valence-electron chi connectivity index (χ0n) is 13.7. The maximum atomic E-state index is 13.8. The Labute approximate surface area is 143 Å². The van der Waals surface area contributed by atoms with E-state index in [1.54, 1.807) is 41.2 Å². The molecule has 0 aliphatic carbocycles. The topological polar surface area (TPSA) is 39.3 Å². The van der Waals surface area contributed by atoms with Crippen LogP contribution in [0.3, 0.4) is 0 Å². The summed E-state index contributed by atoms with van der Waals surface area (Å²) in [6, 6.07) is 16.2. The van der Waals surface area contributed by atoms with E-state index in [1.807, 2.05) is 31.2 Å². The number of benzene rings is 2. The van der Waals surface area contributed by atoms with E-state index in [-0.39, 0.29) is 17.9 Å². The van der Waals surface area contributed by atoms with Gasteiger partial charge in [-0.15, -0.1) is 0 Å². The molecule has 0 saturated heterocycles. The largest absolute Gasteiger partial charge is 0.308 e. The average Bonchev–Trinajstić information content (AvgIpc) is 3.05. The van der Waals surface area contributed by atoms with Crippen LogP contribution in [0.2, 0.25) is 0 Å². The molecule has 2 heterocycles. The van der Waals surface area contributed by atoms with Crippen molar-refractivity contribution in [1.29, 1.82) is 0 Å². The first kappa shape index (κ1) is 15.3. The summed E-state index contributed by atoms with van der Waals surface area (Å²) in [7, 11) is 0. The first-order valence-corrected chi connectivity index (χ1v) is 8.01. The summed E-state index contributed by atoms with van der Waals surface area (Å²) in [6.45, 7) is 2.21. The number of aromatic nitrogens is 3. The molecule has 2 aromatic heterocycles. The Balaban J connectivity index is 1.76. The lowest BCUT2D eigenvalue weighted by molar-refractivity contribution is 0.595. The molecular formula is C20H16FN3O. The first-order valence-electron chi connectivity index (χ1n) is 8.01. The second kappa shape index (κ2) is 6.02. The van der Waals surface area contributed by atoms with Gasteiger partial charge >= 0.3 is 0 Å². The van der Waals surface area contributed by atoms with Gasteiger partial charge in [-0.2, -0.15) is 5.10 Å². The van der Waals surface area contributed by atoms with Crippen LogP contribution in [0, 0.1) is 12.7 Å². The Bertz CT molecular complexity index is 1110. The van der Waals surface area contributed by atoms with Crippen molar-refractivity contribution in [3.05, 3.63) is 94.3 Å². The third kappa shape index (κ3) is 2.85. The molecule has 0 radical (unpaired) electrons. The summed E-state index contributed by atoms with van der Waals surface area (Å²) in [4.78, 5) is 12.7. The van der Waals surface area contributed by atoms with Gasteiger partial charge in [0.25, 0.3) is 5.56 Å². The zero-order chi connectivity index (χ0) is 17.4. The number of fused-ring (bicyclic) bond motifs is 1. The van der Waals surface area contributed by atoms with Gasteiger partial charge in [0.2, 0.25) is 0 Å². The lowest BCUT2D eigenvalue weighted by Gasteiger charge is -2.06. The van der Waals surface area contributed by atoms with Crippen LogP contribution in [-0.4, -0.2) is 14.2 Å². The minimum Gasteiger partial charge on any atom is -0.308 e. The van der Waals surface area contributed by atoms with Crippen LogP contribution in [0.5, 0.6) is 0 Å². The number of hydrogen-bond donors (Lipinski definition) is 0. The minimum absolute atomic E-state index is 0.188. The SMILES string of the molecule is Cc1ccc(-c2cc3c(=O)n(Cc4ccccc4F)ccn3n2)cc1. The normalized spacial score (nSPS) is 11.1. The van der Waals surface area contributed by atoms with Crippen molar-refractivity contribution in [2.45, 2.75) is 13.5 Å². The molecule has 0 bridgehead atoms. The van der Waals surface area contributed by atoms with E-state index < -0.39 is 0 Å². The van der Waals surface area contributed by atoms with Gasteiger partial charge in [-0.25, -0.2) is 8.91 Å². The number of hydrogen-bond acceptors (Lipinski definition) is 2. The molecule has 0 atom stereocenters. The monoisotopic (exact) mass is 333 g/mol. The smallest absolute Gasteiger partial charge is 0.276 e. The molecule has 4 aromatic rings. The van der Waals surface area contributed by atoms with E-state index >= 15 is 0 Å². The van der Waals surface area contributed by atoms with Crippen molar-refractivity contribution in [3.8, 4) is 11.3 Å². The Morgan fingerprint density at radius 3 is 2.56 bits per heavy atom. The molecule has 124 valence electrons. The molecule has 0 saturated carbocycles. The summed E-state index contributed by atoms with van der Waals surface area (Å²) in [5.74, 6) is -0.317. The molecule has 0 fully saturated rings. The molecule has 0 spiro atoms. The predicted molar refractivity (Wildman–Crippen MR) is 95.1 cm³/mol. The van der Waals surface area contributed by atoms with Crippen molar-refractivity contribution >= 4 is 5.52 Å². The van der Waals surface area contributed by atoms with Gasteiger partial charge in [0.05, 0.1) is 12.2 Å². The van der Waals surface area contributed by atoms with Gasteiger partial charge in [-0.05, 0) is 19.1 Å². The van der Waals surface area contributed by atoms with Crippen molar-refractivity contribution in [1.82, 2.24) is 14.2 Å². The van der Waals surface area contributed by atoms with E-state index in [0.717, 1.165) is 11.3 Å². The third-order valence-corrected chi connectivity index (χ3v) is 4.25. The molecule has 4 rings (SSSR count). The highest BCUT2D eigenvalue weighted by molar-refractivity contribution is 5.65. The summed E-state index contributed by atoms with van der Waals surface area (Å²) in [5, 5.41) is 4.47. The number of aryl methyl sites for hydroxylation is 1. The minimum atomic E-state index is -0.317. The molecule has 0 aliphatic heterocycles. The highest BCUT2D eigenvalue weighted by Gasteiger charge is 2.10. The molecule has 0 amide bonds. The highest BCUT2D eigenvalue weighted by Crippen LogP contribution is 2.19. The fraction of sp³-hybridized carbons (Fsp3) is 0.100. The van der Waals surface area contributed by atoms with Gasteiger partial charge < -0.3 is 4.57 Å². The van der Waals surface area contributed by atoms with Crippen molar-refractivity contribution in [2.24, 2.45) is 0 Å². The predicted octanol–water partition coefficient (Wildman–Crippen LogP) is 3.66. The zero-order valence-corrected chi connectivity index (χ0v) is 13.7. The lowest BCUT2D eigenvalue weighted by atomic mass is 10.1. The quantitative estimate of drug-likeness (QED) is 0.574. The van der Waals surface area contributed by atoms with Gasteiger partial charge in [0, 0.05) is 23.5 Å². The second-order valence-electron chi connectivity index (χ2n) is 6.05. The average molecular weight is 333 g/mol. The fourth-order valence-corrected chi connectivity index (χ4v) is 2.83. The third-order valence-electron chi connectivity index (χ3n) is 4.25. The van der Waals surface area contributed by atoms with Crippen LogP contribution >= 0.6 is 0 Å². The molecule has 4 nitrogen and oxygen atoms in total. The fourth-order valence-electron chi connectivity index (χ4n) is 2.83. The summed E-state index contributed by atoms with van der Waals surface area (Å²) < 4.78 is 16.9. The molecule has 2 aromatic carbocycles. The maximum Gasteiger partial charge on any atom is 0.276 e. The molecular weight excluding hydrogens is 317 g/mol.